The van der Waals surface area contributed by atoms with Crippen molar-refractivity contribution in [1.82, 2.24) is 4.90 Å². The van der Waals surface area contributed by atoms with Crippen LogP contribution in [-0.4, -0.2) is 34.1 Å². The molecule has 0 bridgehead atoms. The van der Waals surface area contributed by atoms with Crippen LogP contribution in [0.4, 0.5) is 0 Å². The van der Waals surface area contributed by atoms with Gasteiger partial charge in [0.15, 0.2) is 12.0 Å². The molecule has 2 aliphatic heterocycles. The van der Waals surface area contributed by atoms with Gasteiger partial charge in [-0.25, -0.2) is 0 Å². The third-order valence-corrected chi connectivity index (χ3v) is 5.54. The second-order valence-corrected chi connectivity index (χ2v) is 7.13. The molecule has 1 aromatic carbocycles. The Bertz CT molecular complexity index is 946. The summed E-state index contributed by atoms with van der Waals surface area (Å²) in [5.74, 6) is -1.000. The molecule has 0 amide bonds. The zero-order valence-electron chi connectivity index (χ0n) is 14.3. The van der Waals surface area contributed by atoms with Crippen molar-refractivity contribution < 1.29 is 19.1 Å². The lowest BCUT2D eigenvalue weighted by Gasteiger charge is -2.46. The zero-order valence-corrected chi connectivity index (χ0v) is 14.3. The molecule has 0 saturated heterocycles. The maximum Gasteiger partial charge on any atom is 0.226 e. The van der Waals surface area contributed by atoms with Crippen molar-refractivity contribution in [1.29, 1.82) is 0 Å². The van der Waals surface area contributed by atoms with Crippen LogP contribution in [0.15, 0.2) is 59.5 Å². The van der Waals surface area contributed by atoms with E-state index in [1.54, 1.807) is 24.3 Å². The Morgan fingerprint density at radius 3 is 2.46 bits per heavy atom. The second kappa shape index (κ2) is 5.11. The number of nitrogens with zero attached hydrogens (tertiary/aromatic N) is 1. The fourth-order valence-corrected chi connectivity index (χ4v) is 4.41. The van der Waals surface area contributed by atoms with Gasteiger partial charge in [0.25, 0.3) is 0 Å². The molecule has 5 rings (SSSR count). The van der Waals surface area contributed by atoms with Crippen LogP contribution in [-0.2, 0) is 9.53 Å². The van der Waals surface area contributed by atoms with E-state index in [0.29, 0.717) is 30.4 Å². The SMILES string of the molecule is CC1=CN2C3=C(C(=O)CCC3)C3(OC2C=C1)C(=O)c1ccccc1C3=O. The molecule has 0 fully saturated rings. The van der Waals surface area contributed by atoms with Gasteiger partial charge in [-0.2, -0.15) is 0 Å². The summed E-state index contributed by atoms with van der Waals surface area (Å²) in [5, 5.41) is 0. The molecule has 2 aliphatic carbocycles. The largest absolute Gasteiger partial charge is 0.326 e. The number of allylic oxidation sites excluding steroid dienone is 3. The first-order valence-corrected chi connectivity index (χ1v) is 8.82. The number of hydrogen-bond donors (Lipinski definition) is 0. The first kappa shape index (κ1) is 15.5. The lowest BCUT2D eigenvalue weighted by atomic mass is 9.77. The van der Waals surface area contributed by atoms with E-state index in [-0.39, 0.29) is 11.4 Å². The highest BCUT2D eigenvalue weighted by atomic mass is 16.5. The number of hydrogen-bond acceptors (Lipinski definition) is 5. The Labute approximate surface area is 150 Å². The van der Waals surface area contributed by atoms with Crippen molar-refractivity contribution in [2.24, 2.45) is 0 Å². The first-order chi connectivity index (χ1) is 12.5. The monoisotopic (exact) mass is 347 g/mol. The molecule has 1 unspecified atom stereocenters. The highest BCUT2D eigenvalue weighted by Gasteiger charge is 2.63. The number of carbonyl (C=O) groups is 3. The van der Waals surface area contributed by atoms with E-state index in [2.05, 4.69) is 0 Å². The Morgan fingerprint density at radius 2 is 1.77 bits per heavy atom. The van der Waals surface area contributed by atoms with Gasteiger partial charge in [-0.15, -0.1) is 0 Å². The Balaban J connectivity index is 1.79. The van der Waals surface area contributed by atoms with Crippen LogP contribution in [0.5, 0.6) is 0 Å². The van der Waals surface area contributed by atoms with Crippen molar-refractivity contribution in [2.45, 2.75) is 38.0 Å². The summed E-state index contributed by atoms with van der Waals surface area (Å²) in [6.45, 7) is 1.96. The summed E-state index contributed by atoms with van der Waals surface area (Å²) in [4.78, 5) is 41.4. The predicted octanol–water partition coefficient (Wildman–Crippen LogP) is 2.94. The first-order valence-electron chi connectivity index (χ1n) is 8.82. The van der Waals surface area contributed by atoms with Gasteiger partial charge in [0.1, 0.15) is 0 Å². The van der Waals surface area contributed by atoms with Gasteiger partial charge in [-0.3, -0.25) is 14.4 Å². The summed E-state index contributed by atoms with van der Waals surface area (Å²) in [6.07, 6.45) is 6.79. The average Bonchev–Trinajstić information content (AvgIpc) is 2.85. The maximum atomic E-state index is 13.3. The van der Waals surface area contributed by atoms with E-state index in [9.17, 15) is 14.4 Å². The van der Waals surface area contributed by atoms with Crippen molar-refractivity contribution in [3.8, 4) is 0 Å². The molecule has 0 saturated carbocycles. The number of rotatable bonds is 0. The number of Topliss-reactive ketones (excluding diaryl/α,β-unsaturated/α-hetero) is 3. The van der Waals surface area contributed by atoms with E-state index in [1.165, 1.54) is 0 Å². The molecule has 1 aromatic rings. The van der Waals surface area contributed by atoms with Crippen LogP contribution >= 0.6 is 0 Å². The topological polar surface area (TPSA) is 63.7 Å². The number of fused-ring (bicyclic) bond motifs is 4. The van der Waals surface area contributed by atoms with Crippen LogP contribution in [0, 0.1) is 0 Å². The second-order valence-electron chi connectivity index (χ2n) is 7.13. The van der Waals surface area contributed by atoms with Crippen LogP contribution in [0.3, 0.4) is 0 Å². The number of benzene rings is 1. The summed E-state index contributed by atoms with van der Waals surface area (Å²) >= 11 is 0. The molecule has 26 heavy (non-hydrogen) atoms. The predicted molar refractivity (Wildman–Crippen MR) is 93.3 cm³/mol. The standard InChI is InChI=1S/C21H17NO4/c1-12-9-10-17-22(11-12)15-7-4-8-16(23)18(15)21(26-17)19(24)13-5-2-3-6-14(13)20(21)25/h2-3,5-6,9-11,17H,4,7-8H2,1H3. The smallest absolute Gasteiger partial charge is 0.226 e. The highest BCUT2D eigenvalue weighted by Crippen LogP contribution is 2.48. The van der Waals surface area contributed by atoms with Gasteiger partial charge >= 0.3 is 0 Å². The molecule has 0 radical (unpaired) electrons. The molecule has 5 heteroatoms. The Kier molecular flexibility index (Phi) is 3.04. The van der Waals surface area contributed by atoms with Crippen LogP contribution in [0.25, 0.3) is 0 Å². The number of ether oxygens (including phenoxy) is 1. The normalized spacial score (nSPS) is 26.0. The number of carbonyl (C=O) groups excluding carboxylic acids is 3. The lowest BCUT2D eigenvalue weighted by Crippen LogP contribution is -2.58. The van der Waals surface area contributed by atoms with Crippen LogP contribution in [0.1, 0.15) is 46.9 Å². The lowest BCUT2D eigenvalue weighted by molar-refractivity contribution is -0.124. The van der Waals surface area contributed by atoms with Gasteiger partial charge in [0.2, 0.25) is 17.2 Å². The van der Waals surface area contributed by atoms with E-state index in [1.807, 2.05) is 30.2 Å². The maximum absolute atomic E-state index is 13.3. The quantitative estimate of drug-likeness (QED) is 0.675. The molecule has 2 heterocycles. The third kappa shape index (κ3) is 1.76. The van der Waals surface area contributed by atoms with Gasteiger partial charge in [-0.1, -0.05) is 30.3 Å². The fraction of sp³-hybridized carbons (Fsp3) is 0.286. The Hall–Kier alpha value is -2.79. The van der Waals surface area contributed by atoms with Crippen molar-refractivity contribution in [2.75, 3.05) is 0 Å². The summed E-state index contributed by atoms with van der Waals surface area (Å²) in [7, 11) is 0. The average molecular weight is 347 g/mol. The number of ketones is 3. The molecule has 5 nitrogen and oxygen atoms in total. The van der Waals surface area contributed by atoms with E-state index < -0.39 is 23.4 Å². The third-order valence-electron chi connectivity index (χ3n) is 5.54. The summed E-state index contributed by atoms with van der Waals surface area (Å²) in [6, 6.07) is 6.72. The van der Waals surface area contributed by atoms with Gasteiger partial charge in [-0.05, 0) is 31.4 Å². The van der Waals surface area contributed by atoms with Crippen molar-refractivity contribution in [3.05, 3.63) is 70.6 Å². The highest BCUT2D eigenvalue weighted by molar-refractivity contribution is 6.37. The molecule has 130 valence electrons. The van der Waals surface area contributed by atoms with Gasteiger partial charge in [0, 0.05) is 29.4 Å². The van der Waals surface area contributed by atoms with Crippen molar-refractivity contribution in [3.63, 3.8) is 0 Å². The minimum atomic E-state index is -1.83. The Morgan fingerprint density at radius 1 is 1.08 bits per heavy atom. The van der Waals surface area contributed by atoms with Crippen molar-refractivity contribution >= 4 is 17.3 Å². The fourth-order valence-electron chi connectivity index (χ4n) is 4.41. The van der Waals surface area contributed by atoms with E-state index in [4.69, 9.17) is 4.74 Å². The molecule has 0 aromatic heterocycles. The molecular formula is C21H17NO4. The minimum Gasteiger partial charge on any atom is -0.326 e. The van der Waals surface area contributed by atoms with Crippen LogP contribution < -0.4 is 0 Å². The van der Waals surface area contributed by atoms with Gasteiger partial charge in [0.05, 0.1) is 5.57 Å². The van der Waals surface area contributed by atoms with E-state index >= 15 is 0 Å². The van der Waals surface area contributed by atoms with E-state index in [0.717, 1.165) is 11.3 Å². The summed E-state index contributed by atoms with van der Waals surface area (Å²) < 4.78 is 6.15. The zero-order chi connectivity index (χ0) is 18.1. The van der Waals surface area contributed by atoms with Crippen LogP contribution in [0.2, 0.25) is 0 Å². The molecule has 1 spiro atoms. The molecular weight excluding hydrogens is 330 g/mol. The minimum absolute atomic E-state index is 0.167. The molecule has 4 aliphatic rings. The molecule has 1 atom stereocenters. The molecule has 0 N–H and O–H groups in total. The van der Waals surface area contributed by atoms with Gasteiger partial charge < -0.3 is 9.64 Å². The summed E-state index contributed by atoms with van der Waals surface area (Å²) in [5.41, 5.74) is 0.853.